The Hall–Kier alpha value is -2.08. The zero-order valence-corrected chi connectivity index (χ0v) is 15.1. The van der Waals surface area contributed by atoms with E-state index in [-0.39, 0.29) is 17.0 Å². The van der Waals surface area contributed by atoms with Gasteiger partial charge in [-0.15, -0.1) is 0 Å². The lowest BCUT2D eigenvalue weighted by molar-refractivity contribution is -0.0658. The second-order valence-electron chi connectivity index (χ2n) is 8.78. The number of nitrogens with one attached hydrogen (secondary N) is 2. The number of nitrogens with zero attached hydrogens (tertiary/aromatic N) is 2. The number of phenols is 2. The van der Waals surface area contributed by atoms with Gasteiger partial charge < -0.3 is 15.5 Å². The van der Waals surface area contributed by atoms with Crippen molar-refractivity contribution in [1.82, 2.24) is 20.5 Å². The summed E-state index contributed by atoms with van der Waals surface area (Å²) in [7, 11) is 0. The van der Waals surface area contributed by atoms with Gasteiger partial charge in [-0.05, 0) is 74.8 Å². The van der Waals surface area contributed by atoms with Crippen LogP contribution in [0.2, 0.25) is 0 Å². The molecule has 4 fully saturated rings. The fourth-order valence-corrected chi connectivity index (χ4v) is 5.95. The Morgan fingerprint density at radius 3 is 2.27 bits per heavy atom. The summed E-state index contributed by atoms with van der Waals surface area (Å²) in [6.45, 7) is 3.07. The molecule has 0 radical (unpaired) electrons. The molecule has 0 saturated heterocycles. The van der Waals surface area contributed by atoms with Crippen molar-refractivity contribution >= 4 is 0 Å². The smallest absolute Gasteiger partial charge is 0.181 e. The van der Waals surface area contributed by atoms with Crippen LogP contribution >= 0.6 is 0 Å². The minimum Gasteiger partial charge on any atom is -0.508 e. The summed E-state index contributed by atoms with van der Waals surface area (Å²) in [5, 5.41) is 30.4. The molecule has 4 saturated carbocycles. The maximum atomic E-state index is 9.65. The molecule has 1 aromatic carbocycles. The largest absolute Gasteiger partial charge is 0.508 e. The van der Waals surface area contributed by atoms with Crippen LogP contribution in [0.1, 0.15) is 44.9 Å². The Bertz CT molecular complexity index is 783. The number of phenolic OH excluding ortho intramolecular Hbond substituents is 2. The van der Waals surface area contributed by atoms with E-state index in [1.165, 1.54) is 38.2 Å². The van der Waals surface area contributed by atoms with E-state index in [0.717, 1.165) is 29.5 Å². The van der Waals surface area contributed by atoms with Crippen LogP contribution in [0.5, 0.6) is 11.5 Å². The Morgan fingerprint density at radius 1 is 1.04 bits per heavy atom. The zero-order valence-electron chi connectivity index (χ0n) is 15.1. The van der Waals surface area contributed by atoms with E-state index < -0.39 is 0 Å². The lowest BCUT2D eigenvalue weighted by atomic mass is 9.49. The molecule has 138 valence electrons. The van der Waals surface area contributed by atoms with E-state index >= 15 is 0 Å². The fourth-order valence-electron chi connectivity index (χ4n) is 5.95. The van der Waals surface area contributed by atoms with Crippen molar-refractivity contribution in [3.63, 3.8) is 0 Å². The number of hydrogen-bond donors (Lipinski definition) is 4. The highest BCUT2D eigenvalue weighted by atomic mass is 16.3. The highest BCUT2D eigenvalue weighted by Gasteiger charge is 2.54. The van der Waals surface area contributed by atoms with E-state index in [1.807, 2.05) is 0 Å². The minimum absolute atomic E-state index is 0.00517. The van der Waals surface area contributed by atoms with Crippen LogP contribution in [0.4, 0.5) is 0 Å². The van der Waals surface area contributed by atoms with Crippen LogP contribution < -0.4 is 5.32 Å². The predicted octanol–water partition coefficient (Wildman–Crippen LogP) is 3.19. The van der Waals surface area contributed by atoms with Crippen LogP contribution in [0.15, 0.2) is 18.2 Å². The third kappa shape index (κ3) is 2.58. The molecule has 0 amide bonds. The number of aromatic nitrogens is 3. The molecule has 6 heteroatoms. The predicted molar refractivity (Wildman–Crippen MR) is 97.4 cm³/mol. The van der Waals surface area contributed by atoms with Crippen LogP contribution in [0.25, 0.3) is 11.4 Å². The fraction of sp³-hybridized carbons (Fsp3) is 0.600. The number of aromatic hydroxyl groups is 2. The molecule has 26 heavy (non-hydrogen) atoms. The Labute approximate surface area is 153 Å². The van der Waals surface area contributed by atoms with Crippen LogP contribution in [-0.2, 0) is 6.54 Å². The third-order valence-corrected chi connectivity index (χ3v) is 7.16. The third-order valence-electron chi connectivity index (χ3n) is 7.16. The van der Waals surface area contributed by atoms with Crippen molar-refractivity contribution < 1.29 is 10.2 Å². The number of H-pyrrole nitrogens is 1. The van der Waals surface area contributed by atoms with Crippen molar-refractivity contribution in [3.8, 4) is 22.9 Å². The first-order chi connectivity index (χ1) is 12.5. The lowest BCUT2D eigenvalue weighted by Crippen LogP contribution is -2.62. The van der Waals surface area contributed by atoms with Gasteiger partial charge in [0.2, 0.25) is 0 Å². The molecule has 0 spiro atoms. The minimum atomic E-state index is 0.00517. The van der Waals surface area contributed by atoms with Gasteiger partial charge in [-0.1, -0.05) is 0 Å². The first-order valence-corrected chi connectivity index (χ1v) is 9.69. The summed E-state index contributed by atoms with van der Waals surface area (Å²) in [6.07, 6.45) is 6.97. The number of benzene rings is 1. The summed E-state index contributed by atoms with van der Waals surface area (Å²) in [5.41, 5.74) is 0.801. The highest BCUT2D eigenvalue weighted by Crippen LogP contribution is 2.58. The summed E-state index contributed by atoms with van der Waals surface area (Å²) in [4.78, 5) is 4.54. The van der Waals surface area contributed by atoms with Crippen molar-refractivity contribution in [2.24, 2.45) is 23.7 Å². The van der Waals surface area contributed by atoms with Gasteiger partial charge in [0.1, 0.15) is 17.3 Å². The molecule has 6 nitrogen and oxygen atoms in total. The first-order valence-electron chi connectivity index (χ1n) is 9.69. The molecule has 4 aliphatic rings. The van der Waals surface area contributed by atoms with E-state index in [4.69, 9.17) is 0 Å². The molecule has 0 unspecified atom stereocenters. The van der Waals surface area contributed by atoms with Gasteiger partial charge in [-0.3, -0.25) is 5.10 Å². The van der Waals surface area contributed by atoms with Crippen molar-refractivity contribution in [3.05, 3.63) is 24.0 Å². The topological polar surface area (TPSA) is 94.1 Å². The Morgan fingerprint density at radius 2 is 1.65 bits per heavy atom. The summed E-state index contributed by atoms with van der Waals surface area (Å²) >= 11 is 0. The van der Waals surface area contributed by atoms with Crippen molar-refractivity contribution in [2.75, 3.05) is 0 Å². The van der Waals surface area contributed by atoms with Crippen molar-refractivity contribution in [1.29, 1.82) is 0 Å². The number of aromatic amines is 1. The second-order valence-corrected chi connectivity index (χ2v) is 8.78. The number of rotatable bonds is 4. The molecule has 4 bridgehead atoms. The maximum Gasteiger partial charge on any atom is 0.181 e. The molecule has 2 aromatic rings. The van der Waals surface area contributed by atoms with Gasteiger partial charge in [-0.2, -0.15) is 5.10 Å². The molecule has 6 rings (SSSR count). The standard InChI is InChI=1S/C20H26N4O2/c1-20(14-3-11-2-12(5-14)6-15(20)4-11)21-10-18-22-19(24-23-18)13-7-16(25)9-17(26)8-13/h7-9,11-12,14-15,21,25-26H,2-6,10H2,1H3,(H,22,23,24). The quantitative estimate of drug-likeness (QED) is 0.676. The number of hydrogen-bond acceptors (Lipinski definition) is 5. The van der Waals surface area contributed by atoms with Crippen LogP contribution in [0, 0.1) is 23.7 Å². The first kappa shape index (κ1) is 16.1. The molecule has 4 aliphatic carbocycles. The SMILES string of the molecule is CC1(NCc2nc(-c3cc(O)cc(O)c3)n[nH]2)C2CC3CC(C2)CC1C3. The average molecular weight is 354 g/mol. The molecular formula is C20H26N4O2. The lowest BCUT2D eigenvalue weighted by Gasteiger charge is -2.60. The van der Waals surface area contributed by atoms with E-state index in [2.05, 4.69) is 27.4 Å². The monoisotopic (exact) mass is 354 g/mol. The van der Waals surface area contributed by atoms with E-state index in [0.29, 0.717) is 17.9 Å². The van der Waals surface area contributed by atoms with Crippen LogP contribution in [-0.4, -0.2) is 30.9 Å². The molecule has 1 heterocycles. The average Bonchev–Trinajstić information content (AvgIpc) is 3.06. The highest BCUT2D eigenvalue weighted by molar-refractivity contribution is 5.60. The maximum absolute atomic E-state index is 9.65. The molecular weight excluding hydrogens is 328 g/mol. The van der Waals surface area contributed by atoms with Crippen LogP contribution in [0.3, 0.4) is 0 Å². The normalized spacial score (nSPS) is 35.1. The molecule has 1 aromatic heterocycles. The summed E-state index contributed by atoms with van der Waals surface area (Å²) in [6, 6.07) is 4.41. The molecule has 0 aliphatic heterocycles. The second kappa shape index (κ2) is 5.71. The van der Waals surface area contributed by atoms with Gasteiger partial charge in [-0.25, -0.2) is 4.98 Å². The van der Waals surface area contributed by atoms with E-state index in [1.54, 1.807) is 12.1 Å². The Balaban J connectivity index is 1.31. The molecule has 4 N–H and O–H groups in total. The molecule has 0 atom stereocenters. The van der Waals surface area contributed by atoms with Gasteiger partial charge in [0.15, 0.2) is 5.82 Å². The Kier molecular flexibility index (Phi) is 3.54. The van der Waals surface area contributed by atoms with Crippen molar-refractivity contribution in [2.45, 2.75) is 51.1 Å². The van der Waals surface area contributed by atoms with Gasteiger partial charge in [0.05, 0.1) is 6.54 Å². The summed E-state index contributed by atoms with van der Waals surface area (Å²) < 4.78 is 0. The van der Waals surface area contributed by atoms with Gasteiger partial charge in [0, 0.05) is 17.2 Å². The van der Waals surface area contributed by atoms with E-state index in [9.17, 15) is 10.2 Å². The van der Waals surface area contributed by atoms with Gasteiger partial charge >= 0.3 is 0 Å². The van der Waals surface area contributed by atoms with Gasteiger partial charge in [0.25, 0.3) is 0 Å². The zero-order chi connectivity index (χ0) is 17.9. The summed E-state index contributed by atoms with van der Waals surface area (Å²) in [5.74, 6) is 4.77.